The highest BCUT2D eigenvalue weighted by molar-refractivity contribution is 7.89. The number of aromatic nitrogens is 3. The Morgan fingerprint density at radius 2 is 1.79 bits per heavy atom. The summed E-state index contributed by atoms with van der Waals surface area (Å²) in [4.78, 5) is 21.4. The maximum Gasteiger partial charge on any atom is 0.255 e. The summed E-state index contributed by atoms with van der Waals surface area (Å²) < 4.78 is 30.9. The van der Waals surface area contributed by atoms with Gasteiger partial charge in [0.25, 0.3) is 5.91 Å². The molecule has 0 fully saturated rings. The van der Waals surface area contributed by atoms with E-state index in [-0.39, 0.29) is 10.8 Å². The number of amides is 1. The highest BCUT2D eigenvalue weighted by atomic mass is 32.2. The predicted molar refractivity (Wildman–Crippen MR) is 122 cm³/mol. The van der Waals surface area contributed by atoms with Crippen molar-refractivity contribution in [3.05, 3.63) is 90.1 Å². The van der Waals surface area contributed by atoms with Crippen molar-refractivity contribution in [2.24, 2.45) is 0 Å². The normalized spacial score (nSPS) is 11.5. The number of carbonyl (C=O) groups excluding carboxylic acids is 1. The van der Waals surface area contributed by atoms with Crippen molar-refractivity contribution < 1.29 is 17.7 Å². The van der Waals surface area contributed by atoms with Gasteiger partial charge in [-0.15, -0.1) is 0 Å². The minimum Gasteiger partial charge on any atom is -0.339 e. The van der Waals surface area contributed by atoms with Gasteiger partial charge in [0.2, 0.25) is 21.7 Å². The maximum atomic E-state index is 12.8. The summed E-state index contributed by atoms with van der Waals surface area (Å²) in [6.45, 7) is 0. The summed E-state index contributed by atoms with van der Waals surface area (Å²) in [6.07, 6.45) is 3.64. The van der Waals surface area contributed by atoms with E-state index in [0.29, 0.717) is 29.4 Å². The van der Waals surface area contributed by atoms with E-state index in [0.717, 1.165) is 15.4 Å². The number of hydrogen-bond acceptors (Lipinski definition) is 7. The number of para-hydroxylation sites is 1. The van der Waals surface area contributed by atoms with Gasteiger partial charge < -0.3 is 9.84 Å². The van der Waals surface area contributed by atoms with E-state index in [1.165, 1.54) is 38.4 Å². The van der Waals surface area contributed by atoms with Crippen LogP contribution in [0.2, 0.25) is 0 Å². The number of sulfonamides is 1. The van der Waals surface area contributed by atoms with Crippen molar-refractivity contribution in [2.45, 2.75) is 11.3 Å². The molecular formula is C23H21N5O4S. The zero-order chi connectivity index (χ0) is 23.4. The van der Waals surface area contributed by atoms with Crippen LogP contribution in [0.1, 0.15) is 21.8 Å². The quantitative estimate of drug-likeness (QED) is 0.447. The average Bonchev–Trinajstić information content (AvgIpc) is 3.29. The van der Waals surface area contributed by atoms with Crippen LogP contribution in [0.15, 0.2) is 82.5 Å². The van der Waals surface area contributed by atoms with Crippen LogP contribution < -0.4 is 5.32 Å². The summed E-state index contributed by atoms with van der Waals surface area (Å²) in [7, 11) is -0.655. The van der Waals surface area contributed by atoms with Crippen LogP contribution in [-0.2, 0) is 16.4 Å². The molecule has 0 saturated carbocycles. The lowest BCUT2D eigenvalue weighted by molar-refractivity contribution is 0.102. The molecule has 2 aromatic heterocycles. The molecule has 0 spiro atoms. The van der Waals surface area contributed by atoms with E-state index < -0.39 is 10.0 Å². The van der Waals surface area contributed by atoms with Gasteiger partial charge in [0.15, 0.2) is 0 Å². The molecule has 0 atom stereocenters. The number of hydrogen-bond donors (Lipinski definition) is 1. The predicted octanol–water partition coefficient (Wildman–Crippen LogP) is 3.23. The SMILES string of the molecule is CN(C)S(=O)(=O)c1ccc(C(=O)Nc2ccccc2Cc2nc(-c3cccnc3)no2)cc1. The average molecular weight is 464 g/mol. The van der Waals surface area contributed by atoms with Crippen LogP contribution in [0.25, 0.3) is 11.4 Å². The molecule has 0 aliphatic rings. The van der Waals surface area contributed by atoms with Crippen molar-refractivity contribution in [1.29, 1.82) is 0 Å². The standard InChI is InChI=1S/C23H21N5O4S/c1-28(2)33(30,31)19-11-9-16(10-12-19)23(29)25-20-8-4-3-6-17(20)14-21-26-22(27-32-21)18-7-5-13-24-15-18/h3-13,15H,14H2,1-2H3,(H,25,29). The zero-order valence-electron chi connectivity index (χ0n) is 18.0. The number of carbonyl (C=O) groups is 1. The summed E-state index contributed by atoms with van der Waals surface area (Å²) in [5.41, 5.74) is 2.46. The minimum atomic E-state index is -3.56. The Balaban J connectivity index is 1.50. The minimum absolute atomic E-state index is 0.116. The molecule has 10 heteroatoms. The lowest BCUT2D eigenvalue weighted by Crippen LogP contribution is -2.22. The van der Waals surface area contributed by atoms with Gasteiger partial charge in [-0.25, -0.2) is 12.7 Å². The maximum absolute atomic E-state index is 12.8. The largest absolute Gasteiger partial charge is 0.339 e. The molecule has 2 aromatic carbocycles. The lowest BCUT2D eigenvalue weighted by atomic mass is 10.1. The molecule has 0 aliphatic heterocycles. The van der Waals surface area contributed by atoms with Crippen molar-refractivity contribution in [1.82, 2.24) is 19.4 Å². The summed E-state index contributed by atoms with van der Waals surface area (Å²) in [5, 5.41) is 6.86. The Morgan fingerprint density at radius 1 is 1.03 bits per heavy atom. The van der Waals surface area contributed by atoms with E-state index in [1.54, 1.807) is 30.6 Å². The van der Waals surface area contributed by atoms with Gasteiger partial charge in [-0.05, 0) is 48.0 Å². The lowest BCUT2D eigenvalue weighted by Gasteiger charge is -2.12. The molecule has 9 nitrogen and oxygen atoms in total. The fraction of sp³-hybridized carbons (Fsp3) is 0.130. The van der Waals surface area contributed by atoms with Gasteiger partial charge >= 0.3 is 0 Å². The highest BCUT2D eigenvalue weighted by Gasteiger charge is 2.18. The second kappa shape index (κ2) is 9.31. The van der Waals surface area contributed by atoms with E-state index in [9.17, 15) is 13.2 Å². The second-order valence-corrected chi connectivity index (χ2v) is 9.51. The van der Waals surface area contributed by atoms with E-state index in [4.69, 9.17) is 4.52 Å². The summed E-state index contributed by atoms with van der Waals surface area (Å²) in [5.74, 6) is 0.471. The molecule has 1 N–H and O–H groups in total. The third-order valence-corrected chi connectivity index (χ3v) is 6.72. The highest BCUT2D eigenvalue weighted by Crippen LogP contribution is 2.22. The van der Waals surface area contributed by atoms with Crippen LogP contribution in [0, 0.1) is 0 Å². The molecule has 2 heterocycles. The van der Waals surface area contributed by atoms with E-state index in [2.05, 4.69) is 20.4 Å². The Morgan fingerprint density at radius 3 is 2.48 bits per heavy atom. The smallest absolute Gasteiger partial charge is 0.255 e. The number of rotatable bonds is 7. The van der Waals surface area contributed by atoms with Crippen LogP contribution in [0.4, 0.5) is 5.69 Å². The van der Waals surface area contributed by atoms with Crippen LogP contribution in [0.5, 0.6) is 0 Å². The van der Waals surface area contributed by atoms with Crippen molar-refractivity contribution in [3.8, 4) is 11.4 Å². The fourth-order valence-electron chi connectivity index (χ4n) is 3.08. The summed E-state index contributed by atoms with van der Waals surface area (Å²) >= 11 is 0. The molecular weight excluding hydrogens is 442 g/mol. The molecule has 4 aromatic rings. The first-order chi connectivity index (χ1) is 15.8. The Kier molecular flexibility index (Phi) is 6.29. The number of nitrogens with one attached hydrogen (secondary N) is 1. The van der Waals surface area contributed by atoms with Crippen molar-refractivity contribution in [3.63, 3.8) is 0 Å². The zero-order valence-corrected chi connectivity index (χ0v) is 18.8. The van der Waals surface area contributed by atoms with Gasteiger partial charge in [0, 0.05) is 43.3 Å². The van der Waals surface area contributed by atoms with Gasteiger partial charge in [-0.1, -0.05) is 23.4 Å². The molecule has 0 radical (unpaired) electrons. The van der Waals surface area contributed by atoms with Crippen LogP contribution in [0.3, 0.4) is 0 Å². The molecule has 168 valence electrons. The van der Waals surface area contributed by atoms with E-state index in [1.807, 2.05) is 18.2 Å². The molecule has 0 saturated heterocycles. The number of benzene rings is 2. The van der Waals surface area contributed by atoms with Gasteiger partial charge in [-0.2, -0.15) is 4.98 Å². The first-order valence-corrected chi connectivity index (χ1v) is 11.4. The van der Waals surface area contributed by atoms with Crippen molar-refractivity contribution in [2.75, 3.05) is 19.4 Å². The third kappa shape index (κ3) is 4.97. The first kappa shape index (κ1) is 22.3. The van der Waals surface area contributed by atoms with Crippen LogP contribution in [-0.4, -0.2) is 47.9 Å². The Hall–Kier alpha value is -3.89. The summed E-state index contributed by atoms with van der Waals surface area (Å²) in [6, 6.07) is 16.7. The fourth-order valence-corrected chi connectivity index (χ4v) is 3.98. The molecule has 0 bridgehead atoms. The molecule has 0 unspecified atom stereocenters. The molecule has 4 rings (SSSR count). The monoisotopic (exact) mass is 463 g/mol. The van der Waals surface area contributed by atoms with Gasteiger partial charge in [-0.3, -0.25) is 9.78 Å². The topological polar surface area (TPSA) is 118 Å². The van der Waals surface area contributed by atoms with Gasteiger partial charge in [0.1, 0.15) is 0 Å². The molecule has 33 heavy (non-hydrogen) atoms. The Labute approximate surface area is 191 Å². The molecule has 1 amide bonds. The van der Waals surface area contributed by atoms with Crippen LogP contribution >= 0.6 is 0 Å². The Bertz CT molecular complexity index is 1370. The van der Waals surface area contributed by atoms with E-state index >= 15 is 0 Å². The first-order valence-electron chi connectivity index (χ1n) is 9.99. The third-order valence-electron chi connectivity index (χ3n) is 4.89. The van der Waals surface area contributed by atoms with Gasteiger partial charge in [0.05, 0.1) is 11.3 Å². The van der Waals surface area contributed by atoms with Crippen molar-refractivity contribution >= 4 is 21.6 Å². The number of nitrogens with zero attached hydrogens (tertiary/aromatic N) is 4. The number of pyridine rings is 1. The molecule has 0 aliphatic carbocycles. The second-order valence-electron chi connectivity index (χ2n) is 7.35. The number of anilines is 1.